The summed E-state index contributed by atoms with van der Waals surface area (Å²) in [6.45, 7) is 6.46. The lowest BCUT2D eigenvalue weighted by Crippen LogP contribution is -2.33. The lowest BCUT2D eigenvalue weighted by Gasteiger charge is -2.19. The summed E-state index contributed by atoms with van der Waals surface area (Å²) in [4.78, 5) is 24.2. The summed E-state index contributed by atoms with van der Waals surface area (Å²) in [7, 11) is 0. The van der Waals surface area contributed by atoms with Crippen molar-refractivity contribution in [1.29, 1.82) is 0 Å². The van der Waals surface area contributed by atoms with Crippen LogP contribution in [0.2, 0.25) is 0 Å². The van der Waals surface area contributed by atoms with Crippen LogP contribution >= 0.6 is 0 Å². The van der Waals surface area contributed by atoms with E-state index in [1.165, 1.54) is 10.5 Å². The number of rotatable bonds is 3. The second-order valence-electron chi connectivity index (χ2n) is 5.42. The maximum atomic E-state index is 11.9. The van der Waals surface area contributed by atoms with Crippen LogP contribution in [0.4, 0.5) is 5.69 Å². The molecule has 1 amide bonds. The molecular formula is C15H18NO3-. The Hall–Kier alpha value is -1.84. The largest absolute Gasteiger partial charge is 0.550 e. The van der Waals surface area contributed by atoms with Crippen molar-refractivity contribution in [3.05, 3.63) is 29.3 Å². The highest BCUT2D eigenvalue weighted by atomic mass is 16.4. The molecule has 1 aliphatic rings. The average Bonchev–Trinajstić information content (AvgIpc) is 2.71. The molecule has 0 bridgehead atoms. The number of carbonyl (C=O) groups excluding carboxylic acids is 2. The van der Waals surface area contributed by atoms with E-state index in [2.05, 4.69) is 13.8 Å². The van der Waals surface area contributed by atoms with Gasteiger partial charge in [0.2, 0.25) is 5.91 Å². The number of hydrogen-bond donors (Lipinski definition) is 0. The normalized spacial score (nSPS) is 19.3. The van der Waals surface area contributed by atoms with Crippen molar-refractivity contribution in [2.45, 2.75) is 33.1 Å². The van der Waals surface area contributed by atoms with Crippen molar-refractivity contribution < 1.29 is 14.7 Å². The molecule has 0 spiro atoms. The number of hydrogen-bond acceptors (Lipinski definition) is 3. The second-order valence-corrected chi connectivity index (χ2v) is 5.42. The van der Waals surface area contributed by atoms with Crippen LogP contribution < -0.4 is 10.0 Å². The van der Waals surface area contributed by atoms with E-state index in [4.69, 9.17) is 0 Å². The zero-order chi connectivity index (χ0) is 14.2. The molecule has 1 atom stereocenters. The number of amides is 1. The number of nitrogens with zero attached hydrogens (tertiary/aromatic N) is 1. The van der Waals surface area contributed by atoms with Gasteiger partial charge in [0.25, 0.3) is 0 Å². The molecule has 1 fully saturated rings. The number of carboxylic acid groups (broad SMARTS) is 1. The highest BCUT2D eigenvalue weighted by molar-refractivity contribution is 5.99. The van der Waals surface area contributed by atoms with Crippen LogP contribution in [0, 0.1) is 12.8 Å². The lowest BCUT2D eigenvalue weighted by molar-refractivity contribution is -0.310. The third-order valence-corrected chi connectivity index (χ3v) is 3.65. The SMILES string of the molecule is Cc1cc(N2C[C@@H](C(=O)[O-])CC2=O)ccc1C(C)C. The number of carboxylic acids is 1. The van der Waals surface area contributed by atoms with Gasteiger partial charge >= 0.3 is 0 Å². The topological polar surface area (TPSA) is 60.4 Å². The van der Waals surface area contributed by atoms with Gasteiger partial charge in [-0.1, -0.05) is 19.9 Å². The van der Waals surface area contributed by atoms with Crippen LogP contribution in [0.25, 0.3) is 0 Å². The molecule has 1 aliphatic heterocycles. The van der Waals surface area contributed by atoms with Crippen LogP contribution in [0.3, 0.4) is 0 Å². The predicted octanol–water partition coefficient (Wildman–Crippen LogP) is 1.22. The Morgan fingerprint density at radius 3 is 2.58 bits per heavy atom. The number of aliphatic carboxylic acids is 1. The average molecular weight is 260 g/mol. The fourth-order valence-electron chi connectivity index (χ4n) is 2.59. The van der Waals surface area contributed by atoms with E-state index in [0.29, 0.717) is 5.92 Å². The molecule has 1 aromatic carbocycles. The van der Waals surface area contributed by atoms with Gasteiger partial charge in [-0.25, -0.2) is 0 Å². The molecule has 0 aliphatic carbocycles. The molecule has 0 radical (unpaired) electrons. The molecule has 0 saturated carbocycles. The molecule has 1 aromatic rings. The summed E-state index contributed by atoms with van der Waals surface area (Å²) < 4.78 is 0. The van der Waals surface area contributed by atoms with E-state index in [-0.39, 0.29) is 18.9 Å². The second kappa shape index (κ2) is 5.03. The van der Waals surface area contributed by atoms with Gasteiger partial charge in [0.05, 0.1) is 0 Å². The fraction of sp³-hybridized carbons (Fsp3) is 0.467. The van der Waals surface area contributed by atoms with Crippen molar-refractivity contribution in [3.63, 3.8) is 0 Å². The minimum atomic E-state index is -1.15. The standard InChI is InChI=1S/C15H19NO3/c1-9(2)13-5-4-12(6-10(13)3)16-8-11(15(18)19)7-14(16)17/h4-6,9,11H,7-8H2,1-3H3,(H,18,19)/p-1/t11-/m0/s1. The van der Waals surface area contributed by atoms with Crippen LogP contribution in [0.5, 0.6) is 0 Å². The first kappa shape index (κ1) is 13.6. The summed E-state index contributed by atoms with van der Waals surface area (Å²) in [6, 6.07) is 5.84. The molecule has 102 valence electrons. The van der Waals surface area contributed by atoms with Crippen LogP contribution in [-0.2, 0) is 9.59 Å². The summed E-state index contributed by atoms with van der Waals surface area (Å²) in [6.07, 6.45) is 0.0350. The minimum absolute atomic E-state index is 0.0350. The number of carbonyl (C=O) groups is 2. The lowest BCUT2D eigenvalue weighted by atomic mass is 9.97. The van der Waals surface area contributed by atoms with Gasteiger partial charge in [0.1, 0.15) is 0 Å². The Labute approximate surface area is 113 Å². The van der Waals surface area contributed by atoms with E-state index in [0.717, 1.165) is 11.3 Å². The summed E-state index contributed by atoms with van der Waals surface area (Å²) in [5, 5.41) is 10.8. The quantitative estimate of drug-likeness (QED) is 0.821. The van der Waals surface area contributed by atoms with Gasteiger partial charge in [-0.15, -0.1) is 0 Å². The third kappa shape index (κ3) is 2.62. The summed E-state index contributed by atoms with van der Waals surface area (Å²) in [5.41, 5.74) is 3.14. The molecule has 4 heteroatoms. The molecular weight excluding hydrogens is 242 g/mol. The maximum absolute atomic E-state index is 11.9. The Balaban J connectivity index is 2.26. The number of aryl methyl sites for hydroxylation is 1. The Bertz CT molecular complexity index is 522. The Morgan fingerprint density at radius 1 is 1.42 bits per heavy atom. The highest BCUT2D eigenvalue weighted by Crippen LogP contribution is 2.28. The van der Waals surface area contributed by atoms with Crippen LogP contribution in [0.1, 0.15) is 37.3 Å². The summed E-state index contributed by atoms with van der Waals surface area (Å²) >= 11 is 0. The molecule has 2 rings (SSSR count). The molecule has 0 N–H and O–H groups in total. The van der Waals surface area contributed by atoms with E-state index in [9.17, 15) is 14.7 Å². The van der Waals surface area contributed by atoms with Gasteiger partial charge in [-0.2, -0.15) is 0 Å². The predicted molar refractivity (Wildman–Crippen MR) is 70.7 cm³/mol. The highest BCUT2D eigenvalue weighted by Gasteiger charge is 2.31. The summed E-state index contributed by atoms with van der Waals surface area (Å²) in [5.74, 6) is -1.56. The molecule has 19 heavy (non-hydrogen) atoms. The van der Waals surface area contributed by atoms with Gasteiger partial charge < -0.3 is 14.8 Å². The zero-order valence-electron chi connectivity index (χ0n) is 11.5. The Morgan fingerprint density at radius 2 is 2.11 bits per heavy atom. The molecule has 0 aromatic heterocycles. The van der Waals surface area contributed by atoms with Crippen molar-refractivity contribution in [2.75, 3.05) is 11.4 Å². The first-order valence-corrected chi connectivity index (χ1v) is 6.52. The van der Waals surface area contributed by atoms with E-state index in [1.54, 1.807) is 0 Å². The van der Waals surface area contributed by atoms with Crippen molar-refractivity contribution >= 4 is 17.6 Å². The Kier molecular flexibility index (Phi) is 3.60. The molecule has 0 unspecified atom stereocenters. The van der Waals surface area contributed by atoms with Gasteiger partial charge in [-0.3, -0.25) is 4.79 Å². The molecule has 4 nitrogen and oxygen atoms in total. The van der Waals surface area contributed by atoms with Crippen molar-refractivity contribution in [3.8, 4) is 0 Å². The van der Waals surface area contributed by atoms with Crippen molar-refractivity contribution in [2.24, 2.45) is 5.92 Å². The number of anilines is 1. The third-order valence-electron chi connectivity index (χ3n) is 3.65. The van der Waals surface area contributed by atoms with Gasteiger partial charge in [0, 0.05) is 30.5 Å². The van der Waals surface area contributed by atoms with Crippen LogP contribution in [-0.4, -0.2) is 18.4 Å². The van der Waals surface area contributed by atoms with Crippen molar-refractivity contribution in [1.82, 2.24) is 0 Å². The first-order valence-electron chi connectivity index (χ1n) is 6.52. The van der Waals surface area contributed by atoms with E-state index >= 15 is 0 Å². The smallest absolute Gasteiger partial charge is 0.227 e. The molecule has 1 heterocycles. The molecule has 1 saturated heterocycles. The number of benzene rings is 1. The fourth-order valence-corrected chi connectivity index (χ4v) is 2.59. The monoisotopic (exact) mass is 260 g/mol. The van der Waals surface area contributed by atoms with E-state index < -0.39 is 11.9 Å². The van der Waals surface area contributed by atoms with Gasteiger partial charge in [0.15, 0.2) is 0 Å². The van der Waals surface area contributed by atoms with Gasteiger partial charge in [-0.05, 0) is 36.1 Å². The van der Waals surface area contributed by atoms with Crippen LogP contribution in [0.15, 0.2) is 18.2 Å². The zero-order valence-corrected chi connectivity index (χ0v) is 11.5. The maximum Gasteiger partial charge on any atom is 0.227 e. The first-order chi connectivity index (χ1) is 8.90. The minimum Gasteiger partial charge on any atom is -0.550 e. The van der Waals surface area contributed by atoms with E-state index in [1.807, 2.05) is 25.1 Å².